The van der Waals surface area contributed by atoms with E-state index in [0.29, 0.717) is 0 Å². The molecule has 78 valence electrons. The Bertz CT molecular complexity index is 296. The van der Waals surface area contributed by atoms with Crippen LogP contribution in [0.2, 0.25) is 0 Å². The molecule has 0 aliphatic rings. The molecule has 0 spiro atoms. The predicted octanol–water partition coefficient (Wildman–Crippen LogP) is 2.01. The van der Waals surface area contributed by atoms with Crippen LogP contribution in [0.15, 0.2) is 24.3 Å². The monoisotopic (exact) mass is 193 g/mol. The number of rotatable bonds is 3. The summed E-state index contributed by atoms with van der Waals surface area (Å²) in [7, 11) is 0. The number of benzene rings is 1. The fraction of sp³-hybridized carbons (Fsp3) is 0.500. The lowest BCUT2D eigenvalue weighted by molar-refractivity contribution is 0.0979. The third-order valence-corrected chi connectivity index (χ3v) is 2.48. The Balaban J connectivity index is 2.83. The summed E-state index contributed by atoms with van der Waals surface area (Å²) in [5, 5.41) is 9.81. The largest absolute Gasteiger partial charge is 0.391 e. The number of nitrogens with two attached hydrogens (primary N) is 1. The van der Waals surface area contributed by atoms with Crippen molar-refractivity contribution in [3.05, 3.63) is 35.4 Å². The van der Waals surface area contributed by atoms with E-state index in [4.69, 9.17) is 5.73 Å². The summed E-state index contributed by atoms with van der Waals surface area (Å²) in [6, 6.07) is 7.70. The molecule has 14 heavy (non-hydrogen) atoms. The molecule has 0 aromatic heterocycles. The van der Waals surface area contributed by atoms with Crippen LogP contribution in [-0.4, -0.2) is 11.2 Å². The second-order valence-electron chi connectivity index (χ2n) is 4.17. The van der Waals surface area contributed by atoms with E-state index in [-0.39, 0.29) is 12.0 Å². The summed E-state index contributed by atoms with van der Waals surface area (Å²) < 4.78 is 0. The van der Waals surface area contributed by atoms with Crippen LogP contribution in [0.3, 0.4) is 0 Å². The van der Waals surface area contributed by atoms with Gasteiger partial charge < -0.3 is 10.8 Å². The summed E-state index contributed by atoms with van der Waals surface area (Å²) in [4.78, 5) is 0. The maximum Gasteiger partial charge on any atom is 0.0755 e. The minimum Gasteiger partial charge on any atom is -0.391 e. The Kier molecular flexibility index (Phi) is 3.67. The van der Waals surface area contributed by atoms with Crippen molar-refractivity contribution in [2.75, 3.05) is 0 Å². The first kappa shape index (κ1) is 11.2. The molecule has 0 heterocycles. The van der Waals surface area contributed by atoms with Gasteiger partial charge in [0.1, 0.15) is 0 Å². The lowest BCUT2D eigenvalue weighted by Gasteiger charge is -2.22. The van der Waals surface area contributed by atoms with E-state index in [0.717, 1.165) is 5.56 Å². The molecule has 0 fully saturated rings. The van der Waals surface area contributed by atoms with Crippen molar-refractivity contribution < 1.29 is 5.11 Å². The average molecular weight is 193 g/mol. The van der Waals surface area contributed by atoms with Crippen molar-refractivity contribution in [1.82, 2.24) is 0 Å². The molecule has 2 nitrogen and oxygen atoms in total. The zero-order valence-electron chi connectivity index (χ0n) is 9.07. The molecule has 0 radical (unpaired) electrons. The van der Waals surface area contributed by atoms with Gasteiger partial charge in [-0.2, -0.15) is 0 Å². The third-order valence-electron chi connectivity index (χ3n) is 2.48. The summed E-state index contributed by atoms with van der Waals surface area (Å²) in [5.41, 5.74) is 8.14. The molecule has 0 aliphatic heterocycles. The van der Waals surface area contributed by atoms with Gasteiger partial charge in [0.15, 0.2) is 0 Å². The molecule has 3 N–H and O–H groups in total. The van der Waals surface area contributed by atoms with E-state index in [1.807, 2.05) is 45.0 Å². The molecule has 0 bridgehead atoms. The SMILES string of the molecule is Cc1cccc([C@H](N)[C@H](O)C(C)C)c1. The van der Waals surface area contributed by atoms with Crippen molar-refractivity contribution in [1.29, 1.82) is 0 Å². The zero-order chi connectivity index (χ0) is 10.7. The smallest absolute Gasteiger partial charge is 0.0755 e. The van der Waals surface area contributed by atoms with Crippen LogP contribution in [0.4, 0.5) is 0 Å². The quantitative estimate of drug-likeness (QED) is 0.771. The predicted molar refractivity (Wildman–Crippen MR) is 59.0 cm³/mol. The van der Waals surface area contributed by atoms with E-state index in [1.165, 1.54) is 5.56 Å². The second-order valence-corrected chi connectivity index (χ2v) is 4.17. The molecular formula is C12H19NO. The Labute approximate surface area is 85.8 Å². The summed E-state index contributed by atoms with van der Waals surface area (Å²) in [5.74, 6) is 0.186. The molecule has 0 unspecified atom stereocenters. The Morgan fingerprint density at radius 3 is 2.43 bits per heavy atom. The second kappa shape index (κ2) is 4.58. The molecule has 1 rings (SSSR count). The molecule has 2 heteroatoms. The molecule has 0 saturated carbocycles. The highest BCUT2D eigenvalue weighted by Crippen LogP contribution is 2.20. The number of hydrogen-bond donors (Lipinski definition) is 2. The van der Waals surface area contributed by atoms with Crippen molar-refractivity contribution in [3.63, 3.8) is 0 Å². The number of aliphatic hydroxyl groups excluding tert-OH is 1. The molecule has 0 saturated heterocycles. The van der Waals surface area contributed by atoms with E-state index in [1.54, 1.807) is 0 Å². The summed E-state index contributed by atoms with van der Waals surface area (Å²) in [6.45, 7) is 5.97. The van der Waals surface area contributed by atoms with Crippen LogP contribution in [0.25, 0.3) is 0 Å². The number of aliphatic hydroxyl groups is 1. The van der Waals surface area contributed by atoms with E-state index in [2.05, 4.69) is 0 Å². The number of aryl methyl sites for hydroxylation is 1. The minimum atomic E-state index is -0.475. The van der Waals surface area contributed by atoms with Gasteiger partial charge in [0, 0.05) is 0 Å². The topological polar surface area (TPSA) is 46.2 Å². The highest BCUT2D eigenvalue weighted by atomic mass is 16.3. The number of hydrogen-bond acceptors (Lipinski definition) is 2. The van der Waals surface area contributed by atoms with Gasteiger partial charge in [0.2, 0.25) is 0 Å². The summed E-state index contributed by atoms with van der Waals surface area (Å²) >= 11 is 0. The maximum absolute atomic E-state index is 9.81. The van der Waals surface area contributed by atoms with Crippen molar-refractivity contribution in [2.24, 2.45) is 11.7 Å². The van der Waals surface area contributed by atoms with E-state index >= 15 is 0 Å². The molecule has 0 aliphatic carbocycles. The van der Waals surface area contributed by atoms with E-state index < -0.39 is 6.10 Å². The van der Waals surface area contributed by atoms with Gasteiger partial charge in [-0.05, 0) is 18.4 Å². The van der Waals surface area contributed by atoms with Crippen molar-refractivity contribution in [3.8, 4) is 0 Å². The first-order chi connectivity index (χ1) is 6.52. The molecule has 1 aromatic carbocycles. The van der Waals surface area contributed by atoms with Crippen LogP contribution >= 0.6 is 0 Å². The highest BCUT2D eigenvalue weighted by Gasteiger charge is 2.19. The van der Waals surface area contributed by atoms with Crippen LogP contribution in [0, 0.1) is 12.8 Å². The van der Waals surface area contributed by atoms with Gasteiger partial charge in [-0.3, -0.25) is 0 Å². The van der Waals surface area contributed by atoms with Crippen LogP contribution in [0.1, 0.15) is 31.0 Å². The van der Waals surface area contributed by atoms with Crippen LogP contribution < -0.4 is 5.73 Å². The van der Waals surface area contributed by atoms with Crippen LogP contribution in [0.5, 0.6) is 0 Å². The molecule has 1 aromatic rings. The fourth-order valence-corrected chi connectivity index (χ4v) is 1.49. The Hall–Kier alpha value is -0.860. The highest BCUT2D eigenvalue weighted by molar-refractivity contribution is 5.25. The Morgan fingerprint density at radius 2 is 1.93 bits per heavy atom. The van der Waals surface area contributed by atoms with Gasteiger partial charge >= 0.3 is 0 Å². The summed E-state index contributed by atoms with van der Waals surface area (Å²) in [6.07, 6.45) is -0.475. The third kappa shape index (κ3) is 2.56. The van der Waals surface area contributed by atoms with Gasteiger partial charge in [0.05, 0.1) is 12.1 Å². The van der Waals surface area contributed by atoms with Gasteiger partial charge in [0.25, 0.3) is 0 Å². The van der Waals surface area contributed by atoms with Gasteiger partial charge in [-0.15, -0.1) is 0 Å². The lowest BCUT2D eigenvalue weighted by Crippen LogP contribution is -2.30. The fourth-order valence-electron chi connectivity index (χ4n) is 1.49. The maximum atomic E-state index is 9.81. The zero-order valence-corrected chi connectivity index (χ0v) is 9.07. The standard InChI is InChI=1S/C12H19NO/c1-8(2)12(14)11(13)10-6-4-5-9(3)7-10/h4-8,11-12,14H,13H2,1-3H3/t11-,12+/m0/s1. The Morgan fingerprint density at radius 1 is 1.29 bits per heavy atom. The lowest BCUT2D eigenvalue weighted by atomic mass is 9.94. The van der Waals surface area contributed by atoms with Crippen molar-refractivity contribution >= 4 is 0 Å². The normalized spacial score (nSPS) is 15.6. The van der Waals surface area contributed by atoms with Gasteiger partial charge in [-0.1, -0.05) is 43.7 Å². The molecule has 0 amide bonds. The first-order valence-corrected chi connectivity index (χ1v) is 5.02. The first-order valence-electron chi connectivity index (χ1n) is 5.02. The average Bonchev–Trinajstić information content (AvgIpc) is 2.15. The molecular weight excluding hydrogens is 174 g/mol. The van der Waals surface area contributed by atoms with Crippen molar-refractivity contribution in [2.45, 2.75) is 32.9 Å². The van der Waals surface area contributed by atoms with E-state index in [9.17, 15) is 5.11 Å². The van der Waals surface area contributed by atoms with Gasteiger partial charge in [-0.25, -0.2) is 0 Å². The minimum absolute atomic E-state index is 0.186. The van der Waals surface area contributed by atoms with Crippen LogP contribution in [-0.2, 0) is 0 Å². The molecule has 2 atom stereocenters.